The predicted octanol–water partition coefficient (Wildman–Crippen LogP) is 1.87. The fourth-order valence-corrected chi connectivity index (χ4v) is 4.96. The Bertz CT molecular complexity index is 840. The molecule has 0 heterocycles. The molecule has 2 aromatic carbocycles. The summed E-state index contributed by atoms with van der Waals surface area (Å²) in [5.41, 5.74) is 1.69. The highest BCUT2D eigenvalue weighted by Gasteiger charge is 2.15. The monoisotopic (exact) mass is 353 g/mol. The van der Waals surface area contributed by atoms with Crippen LogP contribution >= 0.6 is 0 Å². The van der Waals surface area contributed by atoms with Crippen LogP contribution in [0.1, 0.15) is 11.1 Å². The zero-order chi connectivity index (χ0) is 16.8. The molecule has 0 aromatic heterocycles. The Morgan fingerprint density at radius 3 is 1.96 bits per heavy atom. The summed E-state index contributed by atoms with van der Waals surface area (Å²) in [6, 6.07) is 18.2. The zero-order valence-electron chi connectivity index (χ0n) is 12.5. The van der Waals surface area contributed by atoms with Crippen molar-refractivity contribution in [3.05, 3.63) is 71.8 Å². The van der Waals surface area contributed by atoms with Gasteiger partial charge in [0.25, 0.3) is 0 Å². The Balaban J connectivity index is 1.99. The molecule has 0 radical (unpaired) electrons. The normalized spacial score (nSPS) is 14.1. The summed E-state index contributed by atoms with van der Waals surface area (Å²) >= 11 is 0. The van der Waals surface area contributed by atoms with Crippen LogP contribution in [-0.4, -0.2) is 28.3 Å². The van der Waals surface area contributed by atoms with Gasteiger partial charge in [-0.15, -0.1) is 4.13 Å². The number of sulfonamides is 1. The second-order valence-electron chi connectivity index (χ2n) is 5.06. The molecule has 2 rings (SSSR count). The van der Waals surface area contributed by atoms with E-state index >= 15 is 0 Å². The van der Waals surface area contributed by atoms with Crippen LogP contribution in [0, 0.1) is 0 Å². The first-order valence-electron chi connectivity index (χ1n) is 7.05. The van der Waals surface area contributed by atoms with E-state index in [1.165, 1.54) is 0 Å². The van der Waals surface area contributed by atoms with E-state index in [1.807, 2.05) is 52.7 Å². The average molecular weight is 353 g/mol. The van der Waals surface area contributed by atoms with Gasteiger partial charge in [-0.05, 0) is 17.5 Å². The van der Waals surface area contributed by atoms with Gasteiger partial charge < -0.3 is 4.55 Å². The summed E-state index contributed by atoms with van der Waals surface area (Å²) in [5, 5.41) is 1.09. The van der Waals surface area contributed by atoms with E-state index < -0.39 is 20.0 Å². The molecule has 0 aliphatic carbocycles. The van der Waals surface area contributed by atoms with Gasteiger partial charge in [0.1, 0.15) is 0 Å². The number of benzene rings is 2. The predicted molar refractivity (Wildman–Crippen MR) is 94.0 cm³/mol. The summed E-state index contributed by atoms with van der Waals surface area (Å²) in [5.74, 6) is -0.242. The van der Waals surface area contributed by atoms with Crippen LogP contribution in [0.15, 0.2) is 60.7 Å². The van der Waals surface area contributed by atoms with Crippen LogP contribution in [0.4, 0.5) is 0 Å². The summed E-state index contributed by atoms with van der Waals surface area (Å²) in [6.45, 7) is 0. The average Bonchev–Trinajstić information content (AvgIpc) is 2.52. The van der Waals surface area contributed by atoms with Crippen molar-refractivity contribution in [1.82, 2.24) is 4.13 Å². The van der Waals surface area contributed by atoms with Crippen LogP contribution in [0.2, 0.25) is 0 Å². The standard InChI is InChI=1S/C16H19NO4S2/c18-22(19,13-11-15-7-3-1-4-8-15)17-23(20,21)14-12-16-9-5-2-6-10-16/h1-10,13H,11-12,14H2,(H2,17,18,19). The minimum Gasteiger partial charge on any atom is -0.302 e. The van der Waals surface area contributed by atoms with Gasteiger partial charge in [0, 0.05) is 11.8 Å². The molecule has 0 aliphatic rings. The fraction of sp³-hybridized carbons (Fsp3) is 0.188. The van der Waals surface area contributed by atoms with Crippen molar-refractivity contribution in [2.75, 3.05) is 5.75 Å². The summed E-state index contributed by atoms with van der Waals surface area (Å²) in [4.78, 5) is 0. The van der Waals surface area contributed by atoms with Crippen molar-refractivity contribution >= 4 is 25.4 Å². The van der Waals surface area contributed by atoms with E-state index in [9.17, 15) is 17.2 Å². The van der Waals surface area contributed by atoms with E-state index in [0.717, 1.165) is 16.5 Å². The van der Waals surface area contributed by atoms with E-state index in [1.54, 1.807) is 12.1 Å². The van der Waals surface area contributed by atoms with Crippen LogP contribution in [0.5, 0.6) is 0 Å². The van der Waals surface area contributed by atoms with Crippen molar-refractivity contribution in [3.8, 4) is 0 Å². The topological polar surface area (TPSA) is 83.5 Å². The lowest BCUT2D eigenvalue weighted by Gasteiger charge is -2.08. The Labute approximate surface area is 137 Å². The maximum absolute atomic E-state index is 12.0. The lowest BCUT2D eigenvalue weighted by molar-refractivity contribution is 0.549. The Hall–Kier alpha value is -1.67. The molecule has 7 heteroatoms. The van der Waals surface area contributed by atoms with Crippen molar-refractivity contribution in [2.45, 2.75) is 12.8 Å². The van der Waals surface area contributed by atoms with Gasteiger partial charge in [0.05, 0.1) is 5.75 Å². The maximum Gasteiger partial charge on any atom is 0.224 e. The molecular formula is C16H19NO4S2. The number of nitrogens with one attached hydrogen (secondary N) is 1. The highest BCUT2D eigenvalue weighted by molar-refractivity contribution is 8.07. The summed E-state index contributed by atoms with van der Waals surface area (Å²) in [7, 11) is -7.60. The van der Waals surface area contributed by atoms with Gasteiger partial charge >= 0.3 is 0 Å². The molecule has 124 valence electrons. The van der Waals surface area contributed by atoms with E-state index in [2.05, 4.69) is 0 Å². The zero-order valence-corrected chi connectivity index (χ0v) is 14.1. The molecule has 0 saturated carbocycles. The molecule has 0 spiro atoms. The van der Waals surface area contributed by atoms with Crippen molar-refractivity contribution in [2.24, 2.45) is 0 Å². The third-order valence-corrected chi connectivity index (χ3v) is 6.47. The molecule has 0 fully saturated rings. The molecule has 2 N–H and O–H groups in total. The molecule has 1 unspecified atom stereocenters. The number of hydrogen-bond donors (Lipinski definition) is 2. The van der Waals surface area contributed by atoms with Crippen LogP contribution in [0.3, 0.4) is 0 Å². The van der Waals surface area contributed by atoms with Gasteiger partial charge in [0.15, 0.2) is 9.99 Å². The molecule has 0 bridgehead atoms. The van der Waals surface area contributed by atoms with Crippen molar-refractivity contribution in [3.63, 3.8) is 0 Å². The first kappa shape index (κ1) is 17.7. The third kappa shape index (κ3) is 6.54. The molecular weight excluding hydrogens is 334 g/mol. The molecule has 1 atom stereocenters. The lowest BCUT2D eigenvalue weighted by Crippen LogP contribution is -2.34. The second kappa shape index (κ2) is 7.74. The minimum absolute atomic E-state index is 0.206. The smallest absolute Gasteiger partial charge is 0.224 e. The maximum atomic E-state index is 12.0. The Kier molecular flexibility index (Phi) is 5.95. The van der Waals surface area contributed by atoms with E-state index in [0.29, 0.717) is 0 Å². The molecule has 2 aromatic rings. The van der Waals surface area contributed by atoms with Gasteiger partial charge in [-0.2, -0.15) is 0 Å². The first-order chi connectivity index (χ1) is 10.9. The second-order valence-corrected chi connectivity index (χ2v) is 8.84. The minimum atomic E-state index is -3.85. The molecule has 5 nitrogen and oxygen atoms in total. The summed E-state index contributed by atoms with van der Waals surface area (Å²) < 4.78 is 47.6. The highest BCUT2D eigenvalue weighted by atomic mass is 32.3. The fourth-order valence-electron chi connectivity index (χ4n) is 1.98. The van der Waals surface area contributed by atoms with E-state index in [-0.39, 0.29) is 18.6 Å². The quantitative estimate of drug-likeness (QED) is 0.744. The van der Waals surface area contributed by atoms with Crippen molar-refractivity contribution < 1.29 is 17.2 Å². The van der Waals surface area contributed by atoms with Crippen molar-refractivity contribution in [1.29, 1.82) is 0 Å². The molecule has 23 heavy (non-hydrogen) atoms. The van der Waals surface area contributed by atoms with Gasteiger partial charge in [-0.1, -0.05) is 60.7 Å². The Morgan fingerprint density at radius 1 is 0.870 bits per heavy atom. The van der Waals surface area contributed by atoms with E-state index in [4.69, 9.17) is 0 Å². The lowest BCUT2D eigenvalue weighted by atomic mass is 10.2. The van der Waals surface area contributed by atoms with Crippen LogP contribution in [0.25, 0.3) is 0 Å². The highest BCUT2D eigenvalue weighted by Crippen LogP contribution is 2.03. The molecule has 0 aliphatic heterocycles. The summed E-state index contributed by atoms with van der Waals surface area (Å²) in [6.07, 6.45) is 0.488. The van der Waals surface area contributed by atoms with Crippen LogP contribution < -0.4 is 4.13 Å². The molecule has 0 amide bonds. The van der Waals surface area contributed by atoms with Crippen LogP contribution in [-0.2, 0) is 32.9 Å². The first-order valence-corrected chi connectivity index (χ1v) is 10.3. The number of hydrogen-bond acceptors (Lipinski definition) is 3. The Morgan fingerprint density at radius 2 is 1.39 bits per heavy atom. The van der Waals surface area contributed by atoms with Gasteiger partial charge in [-0.25, -0.2) is 12.6 Å². The third-order valence-electron chi connectivity index (χ3n) is 3.14. The molecule has 0 saturated heterocycles. The SMILES string of the molecule is O=S(=O)(CCc1ccccc1)NS(=O)(O)=CCc1ccccc1. The van der Waals surface area contributed by atoms with Gasteiger partial charge in [-0.3, -0.25) is 0 Å². The number of aryl methyl sites for hydroxylation is 1. The number of rotatable bonds is 7. The largest absolute Gasteiger partial charge is 0.302 e. The van der Waals surface area contributed by atoms with Gasteiger partial charge in [0.2, 0.25) is 10.0 Å².